The molecule has 0 amide bonds. The summed E-state index contributed by atoms with van der Waals surface area (Å²) in [5.74, 6) is 2.78. The van der Waals surface area contributed by atoms with E-state index in [2.05, 4.69) is 99.4 Å². The van der Waals surface area contributed by atoms with Gasteiger partial charge in [-0.15, -0.1) is 0 Å². The number of benzene rings is 7. The maximum absolute atomic E-state index is 14.1. The molecule has 0 atom stereocenters. The van der Waals surface area contributed by atoms with Gasteiger partial charge < -0.3 is 64.1 Å². The number of ether oxygens (including phenoxy) is 7. The molecular formula is C100H81Cl6FN14O28. The highest BCUT2D eigenvalue weighted by Crippen LogP contribution is 2.43. The number of hydrogen-bond acceptors (Lipinski definition) is 35. The Morgan fingerprint density at radius 2 is 0.564 bits per heavy atom. The maximum atomic E-state index is 14.1. The number of nitrogens with zero attached hydrogens (tertiary/aromatic N) is 7. The molecule has 7 aromatic carbocycles. The molecule has 0 fully saturated rings. The van der Waals surface area contributed by atoms with Crippen molar-refractivity contribution < 1.29 is 68.5 Å². The van der Waals surface area contributed by atoms with Crippen LogP contribution in [0.25, 0.3) is 157 Å². The lowest BCUT2D eigenvalue weighted by Gasteiger charge is -2.19. The van der Waals surface area contributed by atoms with Crippen molar-refractivity contribution in [1.82, 2.24) is 69.8 Å². The van der Waals surface area contributed by atoms with Crippen LogP contribution in [0.2, 0.25) is 30.1 Å². The Kier molecular flexibility index (Phi) is 31.7. The minimum atomic E-state index is -0.795. The summed E-state index contributed by atoms with van der Waals surface area (Å²) >= 11 is 37.1. The van der Waals surface area contributed by atoms with E-state index >= 15 is 0 Å². The quantitative estimate of drug-likeness (QED) is 0.0469. The second-order valence-electron chi connectivity index (χ2n) is 35.9. The standard InChI is InChI=1S/C17H17ClN2O4.C16H15ClN2O4.C16H15FN2O4.C15H13ClN2O4.3C12H7ClN2O4/c1-17(2,3)6-7-23-11-5-4-9-8-10-14(21)19-16(22)20-15(10)24-13(9)12(11)18;1-8(2)5-6-22-11-4-3-9-7-10-14(20)18-16(21)19-15(10)23-13(9)12(11)17;1-16(2,3)7-22-12-6-11-8(5-10(12)17)4-9-13(20)18-15(21)19-14(9)23-11;1-7(2)6-21-12-5-11-8(4-10(12)16)3-9-13(19)17-15(20)18-14(9)22-11;1-18-9-4-8-5(3-7(9)13)2-6-10(16)14-12(17)15-11(6)19-8;2*1-18-7-3-2-5-4-6-10(16)14-12(17)15-11(6)19-9(5)8(7)13/h4-5,8H,6-7H2,1-3H3,(H,19,21,22);3-4,7-8H,5-6H2,1-2H3,(H,18,20,21);4-6H,7H2,1-3H3,(H,18,20,21);3-5,7H,6H2,1-2H3,(H,17,19,20);3*2-4H,1H3,(H,14,16,17). The molecule has 7 N–H and O–H groups in total. The minimum absolute atomic E-state index is 0.0154. The maximum Gasteiger partial charge on any atom is 0.351 e. The number of hydrogen-bond donors (Lipinski definition) is 7. The van der Waals surface area contributed by atoms with Crippen LogP contribution in [0.1, 0.15) is 82.1 Å². The zero-order valence-corrected chi connectivity index (χ0v) is 84.8. The molecule has 14 aliphatic heterocycles. The monoisotopic (exact) mass is 2150 g/mol. The van der Waals surface area contributed by atoms with Crippen LogP contribution >= 0.6 is 69.6 Å². The van der Waals surface area contributed by atoms with Crippen molar-refractivity contribution in [2.45, 2.75) is 82.1 Å². The van der Waals surface area contributed by atoms with Crippen LogP contribution in [-0.4, -0.2) is 118 Å². The van der Waals surface area contributed by atoms with Gasteiger partial charge in [0.1, 0.15) is 110 Å². The Morgan fingerprint density at radius 1 is 0.295 bits per heavy atom. The van der Waals surface area contributed by atoms with Crippen molar-refractivity contribution in [3.63, 3.8) is 0 Å². The van der Waals surface area contributed by atoms with Gasteiger partial charge >= 0.3 is 39.8 Å². The van der Waals surface area contributed by atoms with E-state index in [1.54, 1.807) is 109 Å². The van der Waals surface area contributed by atoms with Gasteiger partial charge in [0.25, 0.3) is 38.9 Å². The molecule has 768 valence electrons. The van der Waals surface area contributed by atoms with Gasteiger partial charge in [-0.1, -0.05) is 139 Å². The third kappa shape index (κ3) is 24.8. The fraction of sp³-hybridized carbons (Fsp3) is 0.230. The Morgan fingerprint density at radius 3 is 0.859 bits per heavy atom. The Labute approximate surface area is 861 Å². The van der Waals surface area contributed by atoms with Gasteiger partial charge in [-0.3, -0.25) is 68.4 Å². The highest BCUT2D eigenvalue weighted by molar-refractivity contribution is 6.38. The van der Waals surface area contributed by atoms with Crippen LogP contribution in [0, 0.1) is 28.5 Å². The second-order valence-corrected chi connectivity index (χ2v) is 38.2. The number of rotatable bonds is 15. The lowest BCUT2D eigenvalue weighted by atomic mass is 9.93. The molecule has 0 spiro atoms. The highest BCUT2D eigenvalue weighted by Gasteiger charge is 2.27. The van der Waals surface area contributed by atoms with Crippen LogP contribution < -0.4 is 112 Å². The van der Waals surface area contributed by atoms with E-state index in [1.165, 1.54) is 39.5 Å². The van der Waals surface area contributed by atoms with Crippen LogP contribution in [0.5, 0.6) is 40.2 Å². The fourth-order valence-electron chi connectivity index (χ4n) is 14.0. The topological polar surface area (TPSA) is 596 Å². The zero-order chi connectivity index (χ0) is 107. The molecule has 0 bridgehead atoms. The fourth-order valence-corrected chi connectivity index (χ4v) is 15.6. The molecule has 0 aliphatic carbocycles. The molecular weight excluding hydrogens is 2080 g/mol. The van der Waals surface area contributed by atoms with Gasteiger partial charge in [0, 0.05) is 55.9 Å². The first-order valence-corrected chi connectivity index (χ1v) is 46.7. The van der Waals surface area contributed by atoms with Crippen LogP contribution in [0.4, 0.5) is 4.39 Å². The first-order chi connectivity index (χ1) is 70.6. The number of fused-ring (bicyclic) bond motifs is 14. The zero-order valence-electron chi connectivity index (χ0n) is 80.2. The van der Waals surface area contributed by atoms with E-state index < -0.39 is 84.6 Å². The lowest BCUT2D eigenvalue weighted by Crippen LogP contribution is -2.24. The van der Waals surface area contributed by atoms with Gasteiger partial charge in [0.15, 0.2) is 33.9 Å². The summed E-state index contributed by atoms with van der Waals surface area (Å²) in [6.07, 6.45) is 1.77. The number of aromatic amines is 7. The van der Waals surface area contributed by atoms with Crippen molar-refractivity contribution in [3.8, 4) is 120 Å². The number of halogens is 7. The molecule has 49 heteroatoms. The molecule has 0 saturated heterocycles. The molecule has 0 radical (unpaired) electrons. The van der Waals surface area contributed by atoms with Crippen LogP contribution in [0.15, 0.2) is 225 Å². The number of nitrogens with one attached hydrogen (secondary N) is 7. The third-order valence-electron chi connectivity index (χ3n) is 21.3. The van der Waals surface area contributed by atoms with Gasteiger partial charge in [-0.2, -0.15) is 34.9 Å². The lowest BCUT2D eigenvalue weighted by molar-refractivity contribution is 0.191. The van der Waals surface area contributed by atoms with Gasteiger partial charge in [-0.25, -0.2) is 38.0 Å². The summed E-state index contributed by atoms with van der Waals surface area (Å²) in [6.45, 7) is 22.5. The summed E-state index contributed by atoms with van der Waals surface area (Å²) in [4.78, 5) is 201. The van der Waals surface area contributed by atoms with E-state index in [1.807, 2.05) is 39.6 Å². The van der Waals surface area contributed by atoms with E-state index in [0.717, 1.165) is 12.8 Å². The van der Waals surface area contributed by atoms with Gasteiger partial charge in [0.05, 0.1) is 57.8 Å². The number of aromatic nitrogens is 14. The molecule has 14 aliphatic rings. The molecule has 149 heavy (non-hydrogen) atoms. The predicted octanol–water partition coefficient (Wildman–Crippen LogP) is 16.7. The van der Waals surface area contributed by atoms with Gasteiger partial charge in [-0.05, 0) is 145 Å². The summed E-state index contributed by atoms with van der Waals surface area (Å²) in [5.41, 5.74) is -5.56. The predicted molar refractivity (Wildman–Crippen MR) is 552 cm³/mol. The normalized spacial score (nSPS) is 11.5. The summed E-state index contributed by atoms with van der Waals surface area (Å²) in [5, 5.41) is 6.03. The Balaban J connectivity index is 0.000000130. The summed E-state index contributed by atoms with van der Waals surface area (Å²) in [7, 11) is 4.44. The molecule has 0 saturated carbocycles. The molecule has 0 aromatic heterocycles. The van der Waals surface area contributed by atoms with E-state index in [0.29, 0.717) is 159 Å². The van der Waals surface area contributed by atoms with Crippen molar-refractivity contribution in [2.24, 2.45) is 22.7 Å². The first kappa shape index (κ1) is 107. The summed E-state index contributed by atoms with van der Waals surface area (Å²) in [6, 6.07) is 33.6. The minimum Gasteiger partial charge on any atom is -0.495 e. The number of methoxy groups -OCH3 is 3. The average Bonchev–Trinajstić information content (AvgIpc) is 0.776. The van der Waals surface area contributed by atoms with Crippen molar-refractivity contribution in [2.75, 3.05) is 47.8 Å². The van der Waals surface area contributed by atoms with Crippen LogP contribution in [-0.2, 0) is 0 Å². The first-order valence-electron chi connectivity index (χ1n) is 44.5. The SMILES string of the molecule is CC(C)(C)CCOc1ccc2cc3c(=O)[nH]c(=O)nc-3oc2c1Cl.CC(C)(C)COc1cc2oc3nc(=O)[nH]c(=O)c-3cc2cc1F.CC(C)CCOc1ccc2cc3c(=O)[nH]c(=O)nc-3oc2c1Cl.CC(C)COc1cc2oc3nc(=O)[nH]c(=O)c-3cc2cc1Cl.COc1cc2oc3nc(=O)[nH]c(=O)c-3cc2cc1Cl.COc1ccc2cc3c(=O)[nH]c(=O)nc-3oc2c1Cl.COc1ccc2cc3c(=O)[nH]c(=O)nc-3oc2c1Cl. The Bertz CT molecular complexity index is 9250. The molecule has 21 rings (SSSR count). The Hall–Kier alpha value is -16.7. The molecule has 7 aromatic rings. The van der Waals surface area contributed by atoms with Crippen molar-refractivity contribution in [3.05, 3.63) is 309 Å². The molecule has 0 unspecified atom stereocenters. The summed E-state index contributed by atoms with van der Waals surface area (Å²) < 4.78 is 90.3. The smallest absolute Gasteiger partial charge is 0.351 e. The van der Waals surface area contributed by atoms with Crippen LogP contribution in [0.3, 0.4) is 0 Å². The molecule has 14 heterocycles. The average molecular weight is 2160 g/mol. The van der Waals surface area contributed by atoms with Crippen molar-refractivity contribution >= 4 is 146 Å². The van der Waals surface area contributed by atoms with E-state index in [4.69, 9.17) is 134 Å². The molecule has 42 nitrogen and oxygen atoms in total. The van der Waals surface area contributed by atoms with Gasteiger partial charge in [0.2, 0.25) is 41.2 Å². The van der Waals surface area contributed by atoms with E-state index in [-0.39, 0.29) is 117 Å². The highest BCUT2D eigenvalue weighted by atomic mass is 35.5. The second kappa shape index (κ2) is 44.3. The van der Waals surface area contributed by atoms with Crippen molar-refractivity contribution in [1.29, 1.82) is 0 Å². The largest absolute Gasteiger partial charge is 0.495 e. The number of H-pyrrole nitrogens is 7. The van der Waals surface area contributed by atoms with E-state index in [9.17, 15) is 71.5 Å². The third-order valence-corrected chi connectivity index (χ3v) is 23.3.